The number of carbonyl (C=O) groups excluding carboxylic acids is 2. The van der Waals surface area contributed by atoms with E-state index in [0.29, 0.717) is 21.4 Å². The van der Waals surface area contributed by atoms with Crippen LogP contribution in [0.5, 0.6) is 0 Å². The van der Waals surface area contributed by atoms with Crippen LogP contribution >= 0.6 is 15.9 Å². The Balaban J connectivity index is 1.88. The van der Waals surface area contributed by atoms with Crippen molar-refractivity contribution in [1.82, 2.24) is 4.57 Å². The van der Waals surface area contributed by atoms with Gasteiger partial charge in [0, 0.05) is 23.5 Å². The zero-order valence-electron chi connectivity index (χ0n) is 14.8. The first-order valence-corrected chi connectivity index (χ1v) is 9.16. The summed E-state index contributed by atoms with van der Waals surface area (Å²) in [6.45, 7) is 3.90. The largest absolute Gasteiger partial charge is 0.444 e. The predicted molar refractivity (Wildman–Crippen MR) is 106 cm³/mol. The SMILES string of the molecule is CC(C)N=c1ccccn1C(=O)c1cccc(NC(=O)c2ccc(Br)o2)c1. The third kappa shape index (κ3) is 4.62. The Morgan fingerprint density at radius 2 is 1.93 bits per heavy atom. The van der Waals surface area contributed by atoms with Crippen molar-refractivity contribution in [2.24, 2.45) is 4.99 Å². The summed E-state index contributed by atoms with van der Waals surface area (Å²) in [7, 11) is 0. The molecule has 0 aliphatic carbocycles. The molecule has 1 amide bonds. The Hall–Kier alpha value is -2.93. The van der Waals surface area contributed by atoms with Gasteiger partial charge in [-0.05, 0) is 72.2 Å². The molecule has 0 spiro atoms. The zero-order valence-corrected chi connectivity index (χ0v) is 16.4. The molecular weight excluding hydrogens is 410 g/mol. The van der Waals surface area contributed by atoms with Gasteiger partial charge in [-0.25, -0.2) is 0 Å². The third-order valence-electron chi connectivity index (χ3n) is 3.61. The van der Waals surface area contributed by atoms with E-state index >= 15 is 0 Å². The first-order chi connectivity index (χ1) is 12.9. The maximum atomic E-state index is 12.9. The second-order valence-corrected chi connectivity index (χ2v) is 6.88. The number of hydrogen-bond acceptors (Lipinski definition) is 4. The topological polar surface area (TPSA) is 76.6 Å². The van der Waals surface area contributed by atoms with E-state index in [-0.39, 0.29) is 17.7 Å². The minimum absolute atomic E-state index is 0.0599. The van der Waals surface area contributed by atoms with Gasteiger partial charge < -0.3 is 9.73 Å². The van der Waals surface area contributed by atoms with Gasteiger partial charge in [-0.1, -0.05) is 12.1 Å². The number of pyridine rings is 1. The molecule has 2 heterocycles. The van der Waals surface area contributed by atoms with Crippen molar-refractivity contribution in [2.45, 2.75) is 19.9 Å². The maximum Gasteiger partial charge on any atom is 0.291 e. The normalized spacial score (nSPS) is 11.6. The van der Waals surface area contributed by atoms with Gasteiger partial charge in [0.05, 0.1) is 0 Å². The van der Waals surface area contributed by atoms with Crippen LogP contribution in [0.4, 0.5) is 5.69 Å². The summed E-state index contributed by atoms with van der Waals surface area (Å²) in [5.41, 5.74) is 1.51. The van der Waals surface area contributed by atoms with E-state index in [2.05, 4.69) is 26.2 Å². The van der Waals surface area contributed by atoms with Gasteiger partial charge in [-0.3, -0.25) is 19.1 Å². The lowest BCUT2D eigenvalue weighted by atomic mass is 10.2. The first-order valence-electron chi connectivity index (χ1n) is 8.37. The quantitative estimate of drug-likeness (QED) is 0.680. The smallest absolute Gasteiger partial charge is 0.291 e. The van der Waals surface area contributed by atoms with Crippen LogP contribution in [0.2, 0.25) is 0 Å². The Bertz CT molecular complexity index is 1050. The molecule has 0 radical (unpaired) electrons. The Kier molecular flexibility index (Phi) is 5.71. The standard InChI is InChI=1S/C20H18BrN3O3/c1-13(2)22-18-8-3-4-11-24(18)20(26)14-6-5-7-15(12-14)23-19(25)16-9-10-17(21)27-16/h3-13H,1-2H3,(H,23,25). The number of benzene rings is 1. The molecule has 27 heavy (non-hydrogen) atoms. The van der Waals surface area contributed by atoms with Crippen LogP contribution in [0.15, 0.2) is 74.9 Å². The van der Waals surface area contributed by atoms with Crippen molar-refractivity contribution in [3.8, 4) is 0 Å². The summed E-state index contributed by atoms with van der Waals surface area (Å²) in [6.07, 6.45) is 1.68. The highest BCUT2D eigenvalue weighted by atomic mass is 79.9. The maximum absolute atomic E-state index is 12.9. The lowest BCUT2D eigenvalue weighted by Crippen LogP contribution is -2.28. The average Bonchev–Trinajstić information content (AvgIpc) is 3.08. The van der Waals surface area contributed by atoms with Crippen molar-refractivity contribution in [3.05, 3.63) is 82.3 Å². The number of halogens is 1. The highest BCUT2D eigenvalue weighted by Gasteiger charge is 2.13. The van der Waals surface area contributed by atoms with Gasteiger partial charge in [-0.15, -0.1) is 0 Å². The van der Waals surface area contributed by atoms with Crippen molar-refractivity contribution in [1.29, 1.82) is 0 Å². The molecule has 0 atom stereocenters. The van der Waals surface area contributed by atoms with Gasteiger partial charge >= 0.3 is 0 Å². The highest BCUT2D eigenvalue weighted by Crippen LogP contribution is 2.17. The highest BCUT2D eigenvalue weighted by molar-refractivity contribution is 9.10. The summed E-state index contributed by atoms with van der Waals surface area (Å²) in [4.78, 5) is 29.6. The number of nitrogens with one attached hydrogen (secondary N) is 1. The fraction of sp³-hybridized carbons (Fsp3) is 0.150. The fourth-order valence-electron chi connectivity index (χ4n) is 2.47. The van der Waals surface area contributed by atoms with Crippen LogP contribution in [0.3, 0.4) is 0 Å². The number of carbonyl (C=O) groups is 2. The van der Waals surface area contributed by atoms with Gasteiger partial charge in [0.15, 0.2) is 10.4 Å². The minimum Gasteiger partial charge on any atom is -0.444 e. The predicted octanol–water partition coefficient (Wildman–Crippen LogP) is 4.09. The first kappa shape index (κ1) is 18.8. The summed E-state index contributed by atoms with van der Waals surface area (Å²) in [5, 5.41) is 2.73. The molecule has 2 aromatic heterocycles. The molecule has 3 aromatic rings. The second-order valence-electron chi connectivity index (χ2n) is 6.10. The molecule has 7 heteroatoms. The van der Waals surface area contributed by atoms with Crippen molar-refractivity contribution >= 4 is 33.4 Å². The lowest BCUT2D eigenvalue weighted by Gasteiger charge is -2.09. The van der Waals surface area contributed by atoms with Gasteiger partial charge in [0.1, 0.15) is 5.49 Å². The van der Waals surface area contributed by atoms with Crippen molar-refractivity contribution in [3.63, 3.8) is 0 Å². The number of rotatable bonds is 4. The molecule has 0 bridgehead atoms. The fourth-order valence-corrected chi connectivity index (χ4v) is 2.78. The molecule has 0 saturated carbocycles. The summed E-state index contributed by atoms with van der Waals surface area (Å²) < 4.78 is 7.20. The van der Waals surface area contributed by atoms with E-state index in [4.69, 9.17) is 4.42 Å². The van der Waals surface area contributed by atoms with Crippen molar-refractivity contribution in [2.75, 3.05) is 5.32 Å². The Labute approximate surface area is 164 Å². The molecule has 1 aromatic carbocycles. The van der Waals surface area contributed by atoms with E-state index in [1.54, 1.807) is 54.7 Å². The van der Waals surface area contributed by atoms with E-state index in [1.807, 2.05) is 19.9 Å². The molecule has 0 aliphatic heterocycles. The van der Waals surface area contributed by atoms with Crippen LogP contribution in [-0.2, 0) is 0 Å². The number of nitrogens with zero attached hydrogens (tertiary/aromatic N) is 2. The number of aromatic nitrogens is 1. The molecule has 6 nitrogen and oxygen atoms in total. The lowest BCUT2D eigenvalue weighted by molar-refractivity contribution is 0.0952. The molecular formula is C20H18BrN3O3. The zero-order chi connectivity index (χ0) is 19.4. The van der Waals surface area contributed by atoms with Crippen LogP contribution in [0.1, 0.15) is 34.8 Å². The molecule has 138 valence electrons. The third-order valence-corrected chi connectivity index (χ3v) is 4.04. The number of furan rings is 1. The van der Waals surface area contributed by atoms with Crippen LogP contribution in [0, 0.1) is 0 Å². The summed E-state index contributed by atoms with van der Waals surface area (Å²) >= 11 is 3.16. The summed E-state index contributed by atoms with van der Waals surface area (Å²) in [6, 6.07) is 15.4. The number of hydrogen-bond donors (Lipinski definition) is 1. The molecule has 3 rings (SSSR count). The van der Waals surface area contributed by atoms with Gasteiger partial charge in [0.25, 0.3) is 11.8 Å². The van der Waals surface area contributed by atoms with Gasteiger partial charge in [-0.2, -0.15) is 0 Å². The van der Waals surface area contributed by atoms with E-state index in [0.717, 1.165) is 0 Å². The van der Waals surface area contributed by atoms with E-state index in [1.165, 1.54) is 4.57 Å². The summed E-state index contributed by atoms with van der Waals surface area (Å²) in [5.74, 6) is -0.450. The molecule has 0 aliphatic rings. The number of anilines is 1. The minimum atomic E-state index is -0.395. The molecule has 0 unspecified atom stereocenters. The van der Waals surface area contributed by atoms with Crippen LogP contribution in [-0.4, -0.2) is 22.4 Å². The second kappa shape index (κ2) is 8.18. The average molecular weight is 428 g/mol. The Morgan fingerprint density at radius 1 is 1.11 bits per heavy atom. The molecule has 0 saturated heterocycles. The van der Waals surface area contributed by atoms with Gasteiger partial charge in [0.2, 0.25) is 0 Å². The van der Waals surface area contributed by atoms with Crippen LogP contribution in [0.25, 0.3) is 0 Å². The number of amides is 1. The van der Waals surface area contributed by atoms with E-state index < -0.39 is 5.91 Å². The Morgan fingerprint density at radius 3 is 2.63 bits per heavy atom. The van der Waals surface area contributed by atoms with Crippen LogP contribution < -0.4 is 10.8 Å². The molecule has 0 fully saturated rings. The molecule has 1 N–H and O–H groups in total. The van der Waals surface area contributed by atoms with Crippen molar-refractivity contribution < 1.29 is 14.0 Å². The monoisotopic (exact) mass is 427 g/mol. The van der Waals surface area contributed by atoms with E-state index in [9.17, 15) is 9.59 Å².